The number of benzene rings is 2. The van der Waals surface area contributed by atoms with Crippen molar-refractivity contribution in [1.82, 2.24) is 9.69 Å². The molecule has 3 rings (SSSR count). The minimum Gasteiger partial charge on any atom is -0.497 e. The Balaban J connectivity index is 2.24. The Morgan fingerprint density at radius 1 is 1.00 bits per heavy atom. The molecule has 3 aromatic rings. The highest BCUT2D eigenvalue weighted by atomic mass is 32.1. The van der Waals surface area contributed by atoms with Crippen molar-refractivity contribution < 1.29 is 19.1 Å². The second-order valence-electron chi connectivity index (χ2n) is 9.97. The van der Waals surface area contributed by atoms with Crippen LogP contribution in [0.3, 0.4) is 0 Å². The fourth-order valence-electron chi connectivity index (χ4n) is 3.78. The monoisotopic (exact) mass is 523 g/mol. The van der Waals surface area contributed by atoms with Gasteiger partial charge in [0, 0.05) is 11.2 Å². The van der Waals surface area contributed by atoms with Gasteiger partial charge in [0.2, 0.25) is 5.91 Å². The largest absolute Gasteiger partial charge is 0.497 e. The molecular weight excluding hydrogens is 490 g/mol. The van der Waals surface area contributed by atoms with Crippen molar-refractivity contribution in [2.24, 2.45) is 5.73 Å². The Bertz CT molecular complexity index is 1280. The van der Waals surface area contributed by atoms with Gasteiger partial charge in [-0.15, -0.1) is 0 Å². The third-order valence-electron chi connectivity index (χ3n) is 5.65. The first-order valence-electron chi connectivity index (χ1n) is 11.8. The number of nitrogens with one attached hydrogen (secondary N) is 1. The fraction of sp³-hybridized carbons (Fsp3) is 0.333. The zero-order chi connectivity index (χ0) is 27.5. The van der Waals surface area contributed by atoms with Gasteiger partial charge in [0.1, 0.15) is 16.7 Å². The van der Waals surface area contributed by atoms with Crippen molar-refractivity contribution in [3.63, 3.8) is 0 Å². The van der Waals surface area contributed by atoms with Crippen LogP contribution in [0.4, 0.5) is 11.4 Å². The van der Waals surface area contributed by atoms with Crippen molar-refractivity contribution in [3.05, 3.63) is 70.2 Å². The number of primary amides is 1. The lowest BCUT2D eigenvalue weighted by atomic mass is 9.99. The van der Waals surface area contributed by atoms with Crippen molar-refractivity contribution in [2.75, 3.05) is 17.7 Å². The number of carbonyl (C=O) groups excluding carboxylic acids is 3. The smallest absolute Gasteiger partial charge is 0.273 e. The molecule has 0 unspecified atom stereocenters. The topological polar surface area (TPSA) is 141 Å². The molecule has 1 heterocycles. The van der Waals surface area contributed by atoms with Crippen LogP contribution in [0.25, 0.3) is 0 Å². The maximum absolute atomic E-state index is 14.1. The number of nitrogen functional groups attached to an aromatic ring is 1. The molecule has 3 amide bonds. The Labute approximate surface area is 221 Å². The number of nitrogens with zero attached hydrogens (tertiary/aromatic N) is 2. The van der Waals surface area contributed by atoms with Gasteiger partial charge in [-0.05, 0) is 73.6 Å². The second-order valence-corrected chi connectivity index (χ2v) is 10.7. The summed E-state index contributed by atoms with van der Waals surface area (Å²) in [6.07, 6.45) is 0. The lowest BCUT2D eigenvalue weighted by molar-refractivity contribution is -0.123. The molecule has 0 radical (unpaired) electrons. The normalized spacial score (nSPS) is 12.2. The molecule has 0 bridgehead atoms. The Morgan fingerprint density at radius 3 is 2.03 bits per heavy atom. The number of nitrogens with two attached hydrogens (primary N) is 2. The van der Waals surface area contributed by atoms with E-state index in [4.69, 9.17) is 16.2 Å². The Hall–Kier alpha value is -3.92. The van der Waals surface area contributed by atoms with Gasteiger partial charge in [-0.25, -0.2) is 0 Å². The molecular formula is C27H33N5O4S. The number of ether oxygens (including phenoxy) is 1. The first kappa shape index (κ1) is 27.7. The lowest BCUT2D eigenvalue weighted by Crippen LogP contribution is -2.49. The quantitative estimate of drug-likeness (QED) is 0.403. The molecule has 1 atom stereocenters. The van der Waals surface area contributed by atoms with E-state index in [1.165, 1.54) is 4.90 Å². The number of hydrogen-bond acceptors (Lipinski definition) is 7. The number of carbonyl (C=O) groups is 3. The maximum Gasteiger partial charge on any atom is 0.273 e. The summed E-state index contributed by atoms with van der Waals surface area (Å²) in [5.74, 6) is -0.926. The summed E-state index contributed by atoms with van der Waals surface area (Å²) in [7, 11) is 1.55. The SMILES string of the molecule is COc1ccc([C@@H](C(=O)NC(C)(C)C)N(C(=O)c2snc(C(N)=O)c2N)c2ccc(C(C)C)cc2)cc1. The third kappa shape index (κ3) is 6.26. The number of aromatic nitrogens is 1. The average molecular weight is 524 g/mol. The van der Waals surface area contributed by atoms with E-state index in [0.29, 0.717) is 17.0 Å². The van der Waals surface area contributed by atoms with Crippen LogP contribution in [-0.4, -0.2) is 34.7 Å². The first-order chi connectivity index (χ1) is 17.3. The van der Waals surface area contributed by atoms with Gasteiger partial charge in [0.15, 0.2) is 5.69 Å². The van der Waals surface area contributed by atoms with E-state index in [-0.39, 0.29) is 22.2 Å². The summed E-state index contributed by atoms with van der Waals surface area (Å²) in [5, 5.41) is 2.99. The summed E-state index contributed by atoms with van der Waals surface area (Å²) in [4.78, 5) is 41.0. The highest BCUT2D eigenvalue weighted by Gasteiger charge is 2.37. The molecule has 0 saturated heterocycles. The van der Waals surface area contributed by atoms with Crippen LogP contribution in [0.5, 0.6) is 5.75 Å². The summed E-state index contributed by atoms with van der Waals surface area (Å²) >= 11 is 0.768. The van der Waals surface area contributed by atoms with Crippen LogP contribution in [0.15, 0.2) is 48.5 Å². The fourth-order valence-corrected chi connectivity index (χ4v) is 4.53. The van der Waals surface area contributed by atoms with Gasteiger partial charge in [0.05, 0.1) is 12.8 Å². The van der Waals surface area contributed by atoms with Crippen LogP contribution in [-0.2, 0) is 4.79 Å². The van der Waals surface area contributed by atoms with E-state index in [9.17, 15) is 14.4 Å². The molecule has 0 aliphatic carbocycles. The van der Waals surface area contributed by atoms with E-state index in [0.717, 1.165) is 17.1 Å². The number of hydrogen-bond donors (Lipinski definition) is 3. The molecule has 196 valence electrons. The average Bonchev–Trinajstić information content (AvgIpc) is 3.22. The van der Waals surface area contributed by atoms with Crippen LogP contribution in [0.2, 0.25) is 0 Å². The number of rotatable bonds is 8. The van der Waals surface area contributed by atoms with Gasteiger partial charge >= 0.3 is 0 Å². The molecule has 2 aromatic carbocycles. The van der Waals surface area contributed by atoms with Crippen molar-refractivity contribution >= 4 is 40.6 Å². The van der Waals surface area contributed by atoms with E-state index >= 15 is 0 Å². The predicted molar refractivity (Wildman–Crippen MR) is 146 cm³/mol. The minimum absolute atomic E-state index is 0.0174. The lowest BCUT2D eigenvalue weighted by Gasteiger charge is -2.33. The molecule has 10 heteroatoms. The molecule has 1 aromatic heterocycles. The molecule has 37 heavy (non-hydrogen) atoms. The Kier molecular flexibility index (Phi) is 8.22. The molecule has 0 aliphatic heterocycles. The molecule has 0 aliphatic rings. The number of anilines is 2. The highest BCUT2D eigenvalue weighted by Crippen LogP contribution is 2.34. The molecule has 0 fully saturated rings. The van der Waals surface area contributed by atoms with E-state index < -0.39 is 29.3 Å². The van der Waals surface area contributed by atoms with E-state index in [1.54, 1.807) is 43.5 Å². The van der Waals surface area contributed by atoms with Crippen LogP contribution < -0.4 is 26.4 Å². The van der Waals surface area contributed by atoms with Crippen molar-refractivity contribution in [1.29, 1.82) is 0 Å². The number of amides is 3. The van der Waals surface area contributed by atoms with Gasteiger partial charge in [0.25, 0.3) is 11.8 Å². The van der Waals surface area contributed by atoms with E-state index in [2.05, 4.69) is 23.5 Å². The van der Waals surface area contributed by atoms with Crippen LogP contribution in [0, 0.1) is 0 Å². The zero-order valence-electron chi connectivity index (χ0n) is 21.9. The molecule has 9 nitrogen and oxygen atoms in total. The summed E-state index contributed by atoms with van der Waals surface area (Å²) < 4.78 is 9.27. The zero-order valence-corrected chi connectivity index (χ0v) is 22.7. The van der Waals surface area contributed by atoms with Gasteiger partial charge in [-0.1, -0.05) is 38.1 Å². The number of methoxy groups -OCH3 is 1. The van der Waals surface area contributed by atoms with Gasteiger partial charge in [-0.3, -0.25) is 19.3 Å². The maximum atomic E-state index is 14.1. The molecule has 5 N–H and O–H groups in total. The van der Waals surface area contributed by atoms with Gasteiger partial charge < -0.3 is 21.5 Å². The van der Waals surface area contributed by atoms with Crippen molar-refractivity contribution in [2.45, 2.75) is 52.1 Å². The molecule has 0 saturated carbocycles. The van der Waals surface area contributed by atoms with E-state index in [1.807, 2.05) is 32.9 Å². The summed E-state index contributed by atoms with van der Waals surface area (Å²) in [6.45, 7) is 9.72. The predicted octanol–water partition coefficient (Wildman–Crippen LogP) is 4.26. The minimum atomic E-state index is -1.07. The third-order valence-corrected chi connectivity index (χ3v) is 6.50. The molecule has 0 spiro atoms. The first-order valence-corrected chi connectivity index (χ1v) is 12.6. The van der Waals surface area contributed by atoms with Crippen molar-refractivity contribution in [3.8, 4) is 5.75 Å². The van der Waals surface area contributed by atoms with Crippen LogP contribution in [0.1, 0.15) is 77.9 Å². The Morgan fingerprint density at radius 2 is 1.57 bits per heavy atom. The van der Waals surface area contributed by atoms with Gasteiger partial charge in [-0.2, -0.15) is 4.37 Å². The summed E-state index contributed by atoms with van der Waals surface area (Å²) in [6, 6.07) is 13.3. The summed E-state index contributed by atoms with van der Waals surface area (Å²) in [5.41, 5.74) is 12.8. The highest BCUT2D eigenvalue weighted by molar-refractivity contribution is 7.09. The standard InChI is InChI=1S/C27H33N5O4S/c1-15(2)16-7-11-18(12-8-16)32(26(35)23-20(28)21(24(29)33)31-37-23)22(25(34)30-27(3,4)5)17-9-13-19(36-6)14-10-17/h7-15,22H,28H2,1-6H3,(H2,29,33)(H,30,34)/t22-/m0/s1. The van der Waals surface area contributed by atoms with Crippen LogP contribution >= 0.6 is 11.5 Å². The second kappa shape index (κ2) is 11.0.